The minimum Gasteiger partial charge on any atom is -0.494 e. The van der Waals surface area contributed by atoms with Crippen LogP contribution in [0.25, 0.3) is 0 Å². The van der Waals surface area contributed by atoms with Gasteiger partial charge in [-0.05, 0) is 74.8 Å². The van der Waals surface area contributed by atoms with Crippen LogP contribution in [0.5, 0.6) is 5.75 Å². The van der Waals surface area contributed by atoms with Crippen molar-refractivity contribution in [3.63, 3.8) is 0 Å². The third-order valence-corrected chi connectivity index (χ3v) is 6.24. The van der Waals surface area contributed by atoms with Crippen LogP contribution >= 0.6 is 0 Å². The maximum Gasteiger partial charge on any atom is 0.335 e. The maximum atomic E-state index is 10.9. The minimum absolute atomic E-state index is 0.287. The number of ether oxygens (including phenoxy) is 1. The molecule has 4 nitrogen and oxygen atoms in total. The van der Waals surface area contributed by atoms with Crippen molar-refractivity contribution in [1.29, 1.82) is 0 Å². The number of carboxylic acid groups (broad SMARTS) is 1. The highest BCUT2D eigenvalue weighted by molar-refractivity contribution is 5.87. The summed E-state index contributed by atoms with van der Waals surface area (Å²) in [4.78, 5) is 10.9. The minimum atomic E-state index is -0.910. The Kier molecular flexibility index (Phi) is 6.85. The number of aromatic carboxylic acids is 1. The molecule has 158 valence electrons. The fourth-order valence-corrected chi connectivity index (χ4v) is 4.42. The van der Waals surface area contributed by atoms with Crippen molar-refractivity contribution in [2.75, 3.05) is 6.61 Å². The van der Waals surface area contributed by atoms with Crippen LogP contribution in [0.1, 0.15) is 66.8 Å². The molecule has 2 N–H and O–H groups in total. The molecule has 2 aliphatic rings. The van der Waals surface area contributed by atoms with Crippen LogP contribution in [0.4, 0.5) is 0 Å². The van der Waals surface area contributed by atoms with Crippen LogP contribution in [0.15, 0.2) is 66.2 Å². The summed E-state index contributed by atoms with van der Waals surface area (Å²) in [6.45, 7) is 0.659. The molecule has 1 saturated carbocycles. The van der Waals surface area contributed by atoms with Gasteiger partial charge in [0.05, 0.1) is 12.2 Å². The van der Waals surface area contributed by atoms with E-state index < -0.39 is 5.97 Å². The van der Waals surface area contributed by atoms with Gasteiger partial charge < -0.3 is 15.2 Å². The average Bonchev–Trinajstić information content (AvgIpc) is 3.57. The molecule has 1 fully saturated rings. The fraction of sp³-hybridized carbons (Fsp3) is 0.423. The third kappa shape index (κ3) is 5.73. The molecule has 0 saturated heterocycles. The Morgan fingerprint density at radius 2 is 1.87 bits per heavy atom. The van der Waals surface area contributed by atoms with E-state index in [4.69, 9.17) is 9.84 Å². The third-order valence-electron chi connectivity index (χ3n) is 6.24. The van der Waals surface area contributed by atoms with E-state index in [-0.39, 0.29) is 5.56 Å². The summed E-state index contributed by atoms with van der Waals surface area (Å²) in [5.41, 5.74) is 3.31. The average molecular weight is 406 g/mol. The molecule has 3 atom stereocenters. The van der Waals surface area contributed by atoms with Gasteiger partial charge in [-0.15, -0.1) is 0 Å². The van der Waals surface area contributed by atoms with E-state index in [1.54, 1.807) is 29.8 Å². The monoisotopic (exact) mass is 405 g/mol. The predicted octanol–water partition coefficient (Wildman–Crippen LogP) is 5.56. The molecule has 2 aromatic carbocycles. The largest absolute Gasteiger partial charge is 0.494 e. The van der Waals surface area contributed by atoms with Crippen molar-refractivity contribution in [2.45, 2.75) is 62.9 Å². The number of nitrogens with one attached hydrogen (secondary N) is 1. The van der Waals surface area contributed by atoms with E-state index in [0.29, 0.717) is 24.6 Å². The lowest BCUT2D eigenvalue weighted by Gasteiger charge is -2.17. The van der Waals surface area contributed by atoms with Crippen LogP contribution in [0, 0.1) is 0 Å². The van der Waals surface area contributed by atoms with Crippen LogP contribution in [0.3, 0.4) is 0 Å². The molecule has 0 bridgehead atoms. The molecule has 0 amide bonds. The van der Waals surface area contributed by atoms with Gasteiger partial charge in [0.15, 0.2) is 0 Å². The van der Waals surface area contributed by atoms with Crippen molar-refractivity contribution in [3.8, 4) is 5.75 Å². The highest BCUT2D eigenvalue weighted by Crippen LogP contribution is 2.41. The van der Waals surface area contributed by atoms with Gasteiger partial charge in [0.1, 0.15) is 5.75 Å². The maximum absolute atomic E-state index is 10.9. The number of hydrogen-bond acceptors (Lipinski definition) is 3. The number of allylic oxidation sites excluding steroid dienone is 2. The first-order valence-electron chi connectivity index (χ1n) is 11.1. The predicted molar refractivity (Wildman–Crippen MR) is 119 cm³/mol. The van der Waals surface area contributed by atoms with Crippen LogP contribution < -0.4 is 10.1 Å². The molecule has 0 spiro atoms. The van der Waals surface area contributed by atoms with E-state index in [9.17, 15) is 4.79 Å². The molecule has 2 aromatic rings. The Bertz CT molecular complexity index is 860. The molecule has 0 radical (unpaired) electrons. The van der Waals surface area contributed by atoms with E-state index in [2.05, 4.69) is 41.7 Å². The topological polar surface area (TPSA) is 58.6 Å². The van der Waals surface area contributed by atoms with Gasteiger partial charge in [0.2, 0.25) is 0 Å². The van der Waals surface area contributed by atoms with E-state index in [1.165, 1.54) is 31.2 Å². The van der Waals surface area contributed by atoms with Crippen LogP contribution in [-0.4, -0.2) is 29.8 Å². The Labute approximate surface area is 179 Å². The molecular formula is C26H31NO3. The molecule has 0 aromatic heterocycles. The summed E-state index contributed by atoms with van der Waals surface area (Å²) < 4.78 is 5.77. The zero-order chi connectivity index (χ0) is 20.8. The summed E-state index contributed by atoms with van der Waals surface area (Å²) in [6.07, 6.45) is 10.6. The SMILES string of the molecule is O=C(O)c1ccc(OCCCC2=CCCC(N[C@@H]3C[C@H]3c3ccccc3)CC2)cc1. The summed E-state index contributed by atoms with van der Waals surface area (Å²) in [5.74, 6) is 0.520. The normalized spacial score (nSPS) is 23.3. The van der Waals surface area contributed by atoms with Gasteiger partial charge in [0, 0.05) is 18.0 Å². The molecular weight excluding hydrogens is 374 g/mol. The van der Waals surface area contributed by atoms with Crippen molar-refractivity contribution >= 4 is 5.97 Å². The van der Waals surface area contributed by atoms with Gasteiger partial charge in [-0.2, -0.15) is 0 Å². The first-order valence-corrected chi connectivity index (χ1v) is 11.1. The highest BCUT2D eigenvalue weighted by Gasteiger charge is 2.39. The number of rotatable bonds is 9. The van der Waals surface area contributed by atoms with E-state index >= 15 is 0 Å². The summed E-state index contributed by atoms with van der Waals surface area (Å²) in [5, 5.41) is 12.8. The molecule has 2 aliphatic carbocycles. The van der Waals surface area contributed by atoms with E-state index in [0.717, 1.165) is 25.0 Å². The van der Waals surface area contributed by atoms with Crippen molar-refractivity contribution in [1.82, 2.24) is 5.32 Å². The number of hydrogen-bond donors (Lipinski definition) is 2. The molecule has 4 rings (SSSR count). The zero-order valence-electron chi connectivity index (χ0n) is 17.4. The van der Waals surface area contributed by atoms with Crippen molar-refractivity contribution in [2.24, 2.45) is 0 Å². The molecule has 1 unspecified atom stereocenters. The van der Waals surface area contributed by atoms with Crippen LogP contribution in [-0.2, 0) is 0 Å². The molecule has 4 heteroatoms. The van der Waals surface area contributed by atoms with Crippen LogP contribution in [0.2, 0.25) is 0 Å². The first-order chi connectivity index (χ1) is 14.7. The van der Waals surface area contributed by atoms with Gasteiger partial charge in [-0.25, -0.2) is 4.79 Å². The zero-order valence-corrected chi connectivity index (χ0v) is 17.4. The Morgan fingerprint density at radius 1 is 1.07 bits per heavy atom. The van der Waals surface area contributed by atoms with Gasteiger partial charge in [0.25, 0.3) is 0 Å². The van der Waals surface area contributed by atoms with Gasteiger partial charge in [-0.3, -0.25) is 0 Å². The molecule has 0 heterocycles. The lowest BCUT2D eigenvalue weighted by atomic mass is 10.0. The lowest BCUT2D eigenvalue weighted by Crippen LogP contribution is -2.31. The second kappa shape index (κ2) is 9.94. The first kappa shape index (κ1) is 20.7. The smallest absolute Gasteiger partial charge is 0.335 e. The number of carbonyl (C=O) groups is 1. The standard InChI is InChI=1S/C26H31NO3/c28-26(29)21-12-15-23(16-13-21)30-17-5-7-19-6-4-10-22(14-11-19)27-25-18-24(25)20-8-2-1-3-9-20/h1-3,6,8-9,12-13,15-16,22,24-25,27H,4-5,7,10-11,14,17-18H2,(H,28,29)/t22?,24-,25+/m0/s1. The fourth-order valence-electron chi connectivity index (χ4n) is 4.42. The second-order valence-corrected chi connectivity index (χ2v) is 8.48. The van der Waals surface area contributed by atoms with Gasteiger partial charge >= 0.3 is 5.97 Å². The lowest BCUT2D eigenvalue weighted by molar-refractivity contribution is 0.0697. The highest BCUT2D eigenvalue weighted by atomic mass is 16.5. The van der Waals surface area contributed by atoms with Crippen molar-refractivity contribution < 1.29 is 14.6 Å². The van der Waals surface area contributed by atoms with E-state index in [1.807, 2.05) is 0 Å². The Morgan fingerprint density at radius 3 is 2.63 bits per heavy atom. The summed E-state index contributed by atoms with van der Waals surface area (Å²) in [7, 11) is 0. The molecule has 0 aliphatic heterocycles. The summed E-state index contributed by atoms with van der Waals surface area (Å²) >= 11 is 0. The van der Waals surface area contributed by atoms with Crippen molar-refractivity contribution in [3.05, 3.63) is 77.4 Å². The Hall–Kier alpha value is -2.59. The Balaban J connectivity index is 1.13. The van der Waals surface area contributed by atoms with Gasteiger partial charge in [-0.1, -0.05) is 42.0 Å². The number of benzene rings is 2. The molecule has 30 heavy (non-hydrogen) atoms. The summed E-state index contributed by atoms with van der Waals surface area (Å²) in [6, 6.07) is 18.8. The second-order valence-electron chi connectivity index (χ2n) is 8.48. The number of carboxylic acids is 1. The quantitative estimate of drug-likeness (QED) is 0.424.